The maximum Gasteiger partial charge on any atom is 0.326 e. The predicted molar refractivity (Wildman–Crippen MR) is 365 cm³/mol. The Labute approximate surface area is 551 Å². The van der Waals surface area contributed by atoms with Gasteiger partial charge in [0.1, 0.15) is 48.3 Å². The Kier molecular flexibility index (Phi) is 32.9. The van der Waals surface area contributed by atoms with Gasteiger partial charge in [0.15, 0.2) is 17.9 Å². The van der Waals surface area contributed by atoms with Gasteiger partial charge in [0.2, 0.25) is 47.3 Å². The van der Waals surface area contributed by atoms with Crippen molar-refractivity contribution >= 4 is 105 Å². The van der Waals surface area contributed by atoms with Gasteiger partial charge in [0.05, 0.1) is 6.04 Å². The molecule has 10 atom stereocenters. The Bertz CT molecular complexity index is 3230. The number of fused-ring (bicyclic) bond motifs is 2. The first-order valence-electron chi connectivity index (χ1n) is 31.6. The maximum absolute atomic E-state index is 14.9. The highest BCUT2D eigenvalue weighted by atomic mass is 32.2. The summed E-state index contributed by atoms with van der Waals surface area (Å²) in [6, 6.07) is 2.91. The van der Waals surface area contributed by atoms with E-state index in [1.165, 1.54) is 11.8 Å². The molecule has 27 N–H and O–H groups in total. The van der Waals surface area contributed by atoms with E-state index >= 15 is 0 Å². The number of aromatic amines is 2. The highest BCUT2D eigenvalue weighted by Gasteiger charge is 2.37. The first-order valence-corrected chi connectivity index (χ1v) is 33.0. The van der Waals surface area contributed by atoms with Crippen molar-refractivity contribution in [2.75, 3.05) is 38.2 Å². The lowest BCUT2D eigenvalue weighted by molar-refractivity contribution is -0.142. The molecule has 0 fully saturated rings. The van der Waals surface area contributed by atoms with Crippen molar-refractivity contribution in [1.82, 2.24) is 52.5 Å². The van der Waals surface area contributed by atoms with Gasteiger partial charge in [-0.2, -0.15) is 11.8 Å². The van der Waals surface area contributed by atoms with E-state index in [1.807, 2.05) is 62.6 Å². The van der Waals surface area contributed by atoms with E-state index < -0.39 is 114 Å². The van der Waals surface area contributed by atoms with Gasteiger partial charge in [0.25, 0.3) is 0 Å². The second-order valence-corrected chi connectivity index (χ2v) is 24.4. The molecule has 2 aromatic carbocycles. The summed E-state index contributed by atoms with van der Waals surface area (Å²) in [7, 11) is 0. The number of benzene rings is 2. The Morgan fingerprint density at radius 1 is 0.489 bits per heavy atom. The molecular weight excluding hydrogens is 1230 g/mol. The molecular formula is C62H99N21O10S. The molecule has 2 aromatic heterocycles. The molecule has 0 aliphatic carbocycles. The molecule has 94 heavy (non-hydrogen) atoms. The van der Waals surface area contributed by atoms with Crippen molar-refractivity contribution in [3.05, 3.63) is 72.1 Å². The van der Waals surface area contributed by atoms with Gasteiger partial charge < -0.3 is 103 Å². The lowest BCUT2D eigenvalue weighted by Gasteiger charge is -2.29. The number of amides is 8. The fourth-order valence-corrected chi connectivity index (χ4v) is 10.7. The van der Waals surface area contributed by atoms with Crippen LogP contribution in [0.1, 0.15) is 109 Å². The minimum absolute atomic E-state index is 0.00903. The number of nitrogens with one attached hydrogen (secondary N) is 10. The molecule has 4 aromatic rings. The van der Waals surface area contributed by atoms with E-state index in [0.29, 0.717) is 36.1 Å². The van der Waals surface area contributed by atoms with Gasteiger partial charge >= 0.3 is 5.97 Å². The minimum atomic E-state index is -1.41. The van der Waals surface area contributed by atoms with Gasteiger partial charge in [-0.1, -0.05) is 70.5 Å². The molecule has 2 heterocycles. The summed E-state index contributed by atoms with van der Waals surface area (Å²) in [6.45, 7) is 7.52. The first kappa shape index (κ1) is 77.3. The van der Waals surface area contributed by atoms with Crippen LogP contribution in [0.4, 0.5) is 0 Å². The Morgan fingerprint density at radius 2 is 0.851 bits per heavy atom. The number of unbranched alkanes of at least 4 members (excludes halogenated alkanes) is 1. The molecule has 0 aliphatic rings. The second-order valence-electron chi connectivity index (χ2n) is 23.4. The molecule has 0 unspecified atom stereocenters. The zero-order valence-electron chi connectivity index (χ0n) is 54.3. The van der Waals surface area contributed by atoms with E-state index in [-0.39, 0.29) is 114 Å². The third-order valence-electron chi connectivity index (χ3n) is 15.8. The van der Waals surface area contributed by atoms with Crippen LogP contribution in [0.25, 0.3) is 21.8 Å². The largest absolute Gasteiger partial charge is 0.480 e. The van der Waals surface area contributed by atoms with Gasteiger partial charge in [-0.3, -0.25) is 53.3 Å². The standard InChI is InChI=1S/C62H99N21O10S/c1-6-35(4)49(64)57(90)78-44(22-14-27-72-61(67)68)52(85)77-45(24-29-94-5)54(87)82-48(31-37-33-75-41-19-10-8-17-39(37)41)56(89)83-50(34(2)3)58(91)79-42(20-11-12-25-63)51(84)76-43(21-13-26-71-60(65)66)53(86)81-47(30-36-32-74-40-18-9-7-16-38(36)40)55(88)80-46(59(92)93)23-15-28-73-62(69)70/h7-10,16-19,32-35,42-50,74-75H,6,11-15,20-31,63-64H2,1-5H3,(H,76,84)(H,77,85)(H,78,90)(H,79,91)(H,80,88)(H,81,86)(H,82,87)(H,83,89)(H,92,93)(H4,65,66,71)(H4,67,68,72)(H4,69,70,73)/t35-,42-,43-,44-,45-,46-,47-,48-,49-,50-/m0/s1. The number of thioether (sulfide) groups is 1. The third kappa shape index (κ3) is 25.7. The molecule has 518 valence electrons. The number of H-pyrrole nitrogens is 2. The number of aliphatic carboxylic acids is 1. The summed E-state index contributed by atoms with van der Waals surface area (Å²) in [6.07, 6.45) is 6.91. The average molecular weight is 1330 g/mol. The summed E-state index contributed by atoms with van der Waals surface area (Å²) in [5.41, 5.74) is 48.1. The summed E-state index contributed by atoms with van der Waals surface area (Å²) in [5, 5.41) is 33.7. The molecule has 0 bridgehead atoms. The van der Waals surface area contributed by atoms with Crippen LogP contribution in [0.2, 0.25) is 0 Å². The normalized spacial score (nSPS) is 14.4. The highest BCUT2D eigenvalue weighted by Crippen LogP contribution is 2.22. The number of para-hydroxylation sites is 2. The SMILES string of the molecule is CC[C@H](C)[C@H](N)C(=O)N[C@@H](CCCN=C(N)N)C(=O)N[C@@H](CCSC)C(=O)N[C@@H](Cc1c[nH]c2ccccc12)C(=O)N[C@H](C(=O)N[C@@H](CCCCN)C(=O)N[C@@H](CCCN=C(N)N)C(=O)N[C@@H](Cc1c[nH]c2ccccc12)C(=O)N[C@@H](CCCN=C(N)N)C(=O)O)C(C)C. The number of nitrogens with two attached hydrogens (primary N) is 8. The average Bonchev–Trinajstić information content (AvgIpc) is 1.64. The van der Waals surface area contributed by atoms with Crippen molar-refractivity contribution in [3.63, 3.8) is 0 Å². The van der Waals surface area contributed by atoms with E-state index in [4.69, 9.17) is 45.9 Å². The number of carbonyl (C=O) groups is 9. The van der Waals surface area contributed by atoms with Crippen LogP contribution < -0.4 is 88.4 Å². The van der Waals surface area contributed by atoms with E-state index in [2.05, 4.69) is 67.5 Å². The lowest BCUT2D eigenvalue weighted by atomic mass is 9.98. The number of carbonyl (C=O) groups excluding carboxylic acids is 8. The molecule has 8 amide bonds. The van der Waals surface area contributed by atoms with Gasteiger partial charge in [-0.05, 0) is 118 Å². The molecule has 0 radical (unpaired) electrons. The molecule has 0 saturated carbocycles. The van der Waals surface area contributed by atoms with Crippen LogP contribution in [0.5, 0.6) is 0 Å². The van der Waals surface area contributed by atoms with Crippen molar-refractivity contribution in [2.24, 2.45) is 72.7 Å². The summed E-state index contributed by atoms with van der Waals surface area (Å²) < 4.78 is 0. The predicted octanol–water partition coefficient (Wildman–Crippen LogP) is -1.53. The highest BCUT2D eigenvalue weighted by molar-refractivity contribution is 7.98. The number of guanidine groups is 3. The fourth-order valence-electron chi connectivity index (χ4n) is 10.2. The van der Waals surface area contributed by atoms with Gasteiger partial charge in [-0.15, -0.1) is 0 Å². The van der Waals surface area contributed by atoms with Crippen LogP contribution in [-0.4, -0.2) is 179 Å². The van der Waals surface area contributed by atoms with Crippen molar-refractivity contribution in [2.45, 2.75) is 166 Å². The zero-order valence-corrected chi connectivity index (χ0v) is 55.2. The van der Waals surface area contributed by atoms with Crippen LogP contribution >= 0.6 is 11.8 Å². The number of rotatable bonds is 43. The number of hydrogen-bond donors (Lipinski definition) is 19. The van der Waals surface area contributed by atoms with Crippen LogP contribution in [0, 0.1) is 11.8 Å². The van der Waals surface area contributed by atoms with E-state index in [1.54, 1.807) is 32.3 Å². The Hall–Kier alpha value is -9.17. The Balaban J connectivity index is 1.68. The number of aromatic nitrogens is 2. The third-order valence-corrected chi connectivity index (χ3v) is 16.5. The maximum atomic E-state index is 14.9. The van der Waals surface area contributed by atoms with Crippen molar-refractivity contribution < 1.29 is 48.3 Å². The quantitative estimate of drug-likeness (QED) is 0.0136. The zero-order chi connectivity index (χ0) is 69.4. The van der Waals surface area contributed by atoms with Crippen molar-refractivity contribution in [3.8, 4) is 0 Å². The Morgan fingerprint density at radius 3 is 1.26 bits per heavy atom. The summed E-state index contributed by atoms with van der Waals surface area (Å²) in [4.78, 5) is 146. The molecule has 0 saturated heterocycles. The minimum Gasteiger partial charge on any atom is -0.480 e. The summed E-state index contributed by atoms with van der Waals surface area (Å²) >= 11 is 1.41. The molecule has 0 spiro atoms. The van der Waals surface area contributed by atoms with Crippen LogP contribution in [0.15, 0.2) is 75.9 Å². The smallest absolute Gasteiger partial charge is 0.326 e. The molecule has 32 heteroatoms. The van der Waals surface area contributed by atoms with Crippen molar-refractivity contribution in [1.29, 1.82) is 0 Å². The number of aliphatic imine (C=N–C) groups is 3. The second kappa shape index (κ2) is 40.1. The van der Waals surface area contributed by atoms with Crippen LogP contribution in [0.3, 0.4) is 0 Å². The number of hydrogen-bond acceptors (Lipinski definition) is 15. The van der Waals surface area contributed by atoms with Gasteiger partial charge in [0, 0.05) is 66.7 Å². The van der Waals surface area contributed by atoms with E-state index in [9.17, 15) is 48.3 Å². The lowest BCUT2D eigenvalue weighted by Crippen LogP contribution is -2.61. The van der Waals surface area contributed by atoms with Gasteiger partial charge in [-0.25, -0.2) is 4.79 Å². The number of carboxylic acid groups (broad SMARTS) is 1. The summed E-state index contributed by atoms with van der Waals surface area (Å²) in [5.74, 6) is -8.49. The monoisotopic (exact) mass is 1330 g/mol. The molecule has 31 nitrogen and oxygen atoms in total. The number of carboxylic acids is 1. The topological polar surface area (TPSA) is 547 Å². The van der Waals surface area contributed by atoms with E-state index in [0.717, 1.165) is 21.8 Å². The fraction of sp³-hybridized carbons (Fsp3) is 0.548. The molecule has 0 aliphatic heterocycles. The first-order chi connectivity index (χ1) is 44.8. The molecule has 4 rings (SSSR count). The number of nitrogens with zero attached hydrogens (tertiary/aromatic N) is 3. The van der Waals surface area contributed by atoms with Crippen LogP contribution in [-0.2, 0) is 56.0 Å².